The summed E-state index contributed by atoms with van der Waals surface area (Å²) in [6.07, 6.45) is -7.48. The Balaban J connectivity index is 2.07. The minimum absolute atomic E-state index is 0.255. The van der Waals surface area contributed by atoms with Gasteiger partial charge in [-0.05, 0) is 17.7 Å². The standard InChI is InChI=1S/C10H10F3N3O2/c11-10(12,13)9-16(18-9)7(14)5-1-3-6(4-2-5)8(15)17/h1-4,7,9H,14H2,(H2,15,17). The lowest BCUT2D eigenvalue weighted by atomic mass is 10.1. The smallest absolute Gasteiger partial charge is 0.366 e. The van der Waals surface area contributed by atoms with E-state index in [1.807, 2.05) is 0 Å². The maximum Gasteiger partial charge on any atom is 0.432 e. The van der Waals surface area contributed by atoms with Crippen molar-refractivity contribution in [1.29, 1.82) is 0 Å². The van der Waals surface area contributed by atoms with Gasteiger partial charge in [0.25, 0.3) is 6.23 Å². The molecule has 1 aliphatic rings. The molecule has 18 heavy (non-hydrogen) atoms. The lowest BCUT2D eigenvalue weighted by Gasteiger charge is -2.11. The molecule has 1 fully saturated rings. The molecule has 1 aliphatic heterocycles. The van der Waals surface area contributed by atoms with E-state index in [9.17, 15) is 18.0 Å². The summed E-state index contributed by atoms with van der Waals surface area (Å²) in [5.74, 6) is -0.619. The first kappa shape index (κ1) is 12.8. The highest BCUT2D eigenvalue weighted by atomic mass is 19.4. The molecule has 1 heterocycles. The van der Waals surface area contributed by atoms with Gasteiger partial charge in [0.05, 0.1) is 0 Å². The number of hydrogen-bond donors (Lipinski definition) is 2. The number of alkyl halides is 3. The molecule has 1 saturated heterocycles. The predicted molar refractivity (Wildman–Crippen MR) is 54.7 cm³/mol. The number of rotatable bonds is 3. The number of nitrogens with zero attached hydrogens (tertiary/aromatic N) is 1. The van der Waals surface area contributed by atoms with E-state index >= 15 is 0 Å². The number of primary amides is 1. The van der Waals surface area contributed by atoms with Gasteiger partial charge in [0.15, 0.2) is 0 Å². The molecule has 0 spiro atoms. The van der Waals surface area contributed by atoms with Crippen LogP contribution in [0.3, 0.4) is 0 Å². The zero-order valence-electron chi connectivity index (χ0n) is 9.02. The van der Waals surface area contributed by atoms with Crippen molar-refractivity contribution < 1.29 is 22.8 Å². The Kier molecular flexibility index (Phi) is 3.01. The van der Waals surface area contributed by atoms with Crippen LogP contribution in [-0.4, -0.2) is 23.4 Å². The fourth-order valence-corrected chi connectivity index (χ4v) is 1.50. The number of hydroxylamine groups is 2. The first-order valence-electron chi connectivity index (χ1n) is 4.98. The molecule has 1 amide bonds. The second kappa shape index (κ2) is 4.23. The highest BCUT2D eigenvalue weighted by Gasteiger charge is 2.59. The van der Waals surface area contributed by atoms with Gasteiger partial charge in [0.2, 0.25) is 5.91 Å². The SMILES string of the molecule is NC(=O)c1ccc(C(N)N2OC2C(F)(F)F)cc1. The first-order chi connectivity index (χ1) is 8.30. The van der Waals surface area contributed by atoms with Crippen LogP contribution in [0.2, 0.25) is 0 Å². The summed E-state index contributed by atoms with van der Waals surface area (Å²) in [5.41, 5.74) is 11.3. The average Bonchev–Trinajstić information content (AvgIpc) is 3.07. The molecule has 0 aromatic heterocycles. The van der Waals surface area contributed by atoms with Crippen LogP contribution in [0, 0.1) is 0 Å². The van der Waals surface area contributed by atoms with Crippen molar-refractivity contribution in [1.82, 2.24) is 5.06 Å². The number of hydrogen-bond acceptors (Lipinski definition) is 4. The maximum atomic E-state index is 12.3. The van der Waals surface area contributed by atoms with E-state index in [-0.39, 0.29) is 5.56 Å². The molecule has 0 saturated carbocycles. The van der Waals surface area contributed by atoms with Crippen molar-refractivity contribution in [2.75, 3.05) is 0 Å². The maximum absolute atomic E-state index is 12.3. The van der Waals surface area contributed by atoms with Gasteiger partial charge in [0, 0.05) is 5.56 Å². The van der Waals surface area contributed by atoms with E-state index in [2.05, 4.69) is 4.84 Å². The zero-order valence-corrected chi connectivity index (χ0v) is 9.02. The van der Waals surface area contributed by atoms with Crippen LogP contribution in [0.1, 0.15) is 22.1 Å². The van der Waals surface area contributed by atoms with Gasteiger partial charge in [-0.15, -0.1) is 5.06 Å². The third kappa shape index (κ3) is 2.45. The quantitative estimate of drug-likeness (QED) is 0.791. The molecule has 1 aromatic carbocycles. The molecule has 98 valence electrons. The third-order valence-corrected chi connectivity index (χ3v) is 2.50. The van der Waals surface area contributed by atoms with Crippen LogP contribution in [-0.2, 0) is 4.84 Å². The summed E-state index contributed by atoms with van der Waals surface area (Å²) >= 11 is 0. The summed E-state index contributed by atoms with van der Waals surface area (Å²) in [5, 5.41) is 0.638. The molecule has 3 unspecified atom stereocenters. The minimum Gasteiger partial charge on any atom is -0.366 e. The molecule has 3 atom stereocenters. The topological polar surface area (TPSA) is 84.7 Å². The summed E-state index contributed by atoms with van der Waals surface area (Å²) in [6, 6.07) is 5.65. The molecular formula is C10H10F3N3O2. The summed E-state index contributed by atoms with van der Waals surface area (Å²) in [6.45, 7) is 0. The fourth-order valence-electron chi connectivity index (χ4n) is 1.50. The van der Waals surface area contributed by atoms with Crippen LogP contribution >= 0.6 is 0 Å². The first-order valence-corrected chi connectivity index (χ1v) is 4.98. The van der Waals surface area contributed by atoms with E-state index < -0.39 is 24.5 Å². The van der Waals surface area contributed by atoms with Crippen LogP contribution in [0.5, 0.6) is 0 Å². The third-order valence-electron chi connectivity index (χ3n) is 2.50. The lowest BCUT2D eigenvalue weighted by Crippen LogP contribution is -2.27. The second-order valence-electron chi connectivity index (χ2n) is 3.79. The highest BCUT2D eigenvalue weighted by Crippen LogP contribution is 2.40. The van der Waals surface area contributed by atoms with E-state index in [1.165, 1.54) is 24.3 Å². The van der Waals surface area contributed by atoms with Gasteiger partial charge in [-0.2, -0.15) is 13.2 Å². The normalized spacial score (nSPS) is 24.7. The Hall–Kier alpha value is -1.64. The van der Waals surface area contributed by atoms with Gasteiger partial charge in [-0.25, -0.2) is 0 Å². The molecule has 4 N–H and O–H groups in total. The van der Waals surface area contributed by atoms with E-state index in [0.717, 1.165) is 0 Å². The van der Waals surface area contributed by atoms with Crippen molar-refractivity contribution in [3.63, 3.8) is 0 Å². The molecule has 5 nitrogen and oxygen atoms in total. The molecule has 0 bridgehead atoms. The number of carbonyl (C=O) groups excluding carboxylic acids is 1. The number of halogens is 3. The van der Waals surface area contributed by atoms with Crippen molar-refractivity contribution in [3.05, 3.63) is 35.4 Å². The zero-order chi connectivity index (χ0) is 13.5. The van der Waals surface area contributed by atoms with Crippen molar-refractivity contribution >= 4 is 5.91 Å². The van der Waals surface area contributed by atoms with Crippen LogP contribution in [0.4, 0.5) is 13.2 Å². The second-order valence-corrected chi connectivity index (χ2v) is 3.79. The highest BCUT2D eigenvalue weighted by molar-refractivity contribution is 5.92. The molecule has 2 rings (SSSR count). The summed E-state index contributed by atoms with van der Waals surface area (Å²) in [4.78, 5) is 15.2. The summed E-state index contributed by atoms with van der Waals surface area (Å²) < 4.78 is 36.8. The Labute approximate surface area is 100 Å². The number of benzene rings is 1. The van der Waals surface area contributed by atoms with Gasteiger partial charge in [-0.1, -0.05) is 12.1 Å². The Morgan fingerprint density at radius 1 is 1.33 bits per heavy atom. The Bertz CT molecular complexity index is 460. The number of amides is 1. The fraction of sp³-hybridized carbons (Fsp3) is 0.300. The van der Waals surface area contributed by atoms with E-state index in [4.69, 9.17) is 11.5 Å². The molecule has 1 aromatic rings. The van der Waals surface area contributed by atoms with Crippen LogP contribution in [0.25, 0.3) is 0 Å². The van der Waals surface area contributed by atoms with Gasteiger partial charge in [-0.3, -0.25) is 9.63 Å². The van der Waals surface area contributed by atoms with Crippen molar-refractivity contribution in [2.24, 2.45) is 11.5 Å². The van der Waals surface area contributed by atoms with Crippen LogP contribution < -0.4 is 11.5 Å². The van der Waals surface area contributed by atoms with Gasteiger partial charge >= 0.3 is 6.18 Å². The molecular weight excluding hydrogens is 251 g/mol. The van der Waals surface area contributed by atoms with Gasteiger partial charge < -0.3 is 11.5 Å². The predicted octanol–water partition coefficient (Wildman–Crippen LogP) is 0.878. The van der Waals surface area contributed by atoms with Crippen molar-refractivity contribution in [2.45, 2.75) is 18.6 Å². The number of carbonyl (C=O) groups is 1. The van der Waals surface area contributed by atoms with Crippen LogP contribution in [0.15, 0.2) is 24.3 Å². The molecule has 0 aliphatic carbocycles. The largest absolute Gasteiger partial charge is 0.432 e. The minimum atomic E-state index is -4.47. The summed E-state index contributed by atoms with van der Waals surface area (Å²) in [7, 11) is 0. The number of nitrogens with two attached hydrogens (primary N) is 2. The van der Waals surface area contributed by atoms with E-state index in [0.29, 0.717) is 10.6 Å². The Morgan fingerprint density at radius 3 is 2.28 bits per heavy atom. The Morgan fingerprint density at radius 2 is 1.89 bits per heavy atom. The average molecular weight is 261 g/mol. The molecule has 0 radical (unpaired) electrons. The monoisotopic (exact) mass is 261 g/mol. The van der Waals surface area contributed by atoms with Gasteiger partial charge in [0.1, 0.15) is 6.17 Å². The van der Waals surface area contributed by atoms with E-state index in [1.54, 1.807) is 0 Å². The van der Waals surface area contributed by atoms with Crippen molar-refractivity contribution in [3.8, 4) is 0 Å². The lowest BCUT2D eigenvalue weighted by molar-refractivity contribution is -0.148. The molecule has 8 heteroatoms.